The van der Waals surface area contributed by atoms with Gasteiger partial charge in [0.15, 0.2) is 5.57 Å². The Kier molecular flexibility index (Phi) is 2.77. The zero-order valence-electron chi connectivity index (χ0n) is 10.7. The van der Waals surface area contributed by atoms with Crippen LogP contribution in [0.15, 0.2) is 34.8 Å². The van der Waals surface area contributed by atoms with Crippen LogP contribution in [0.3, 0.4) is 0 Å². The van der Waals surface area contributed by atoms with Crippen LogP contribution in [0.1, 0.15) is 27.7 Å². The number of allylic oxidation sites excluding steroid dienone is 5. The first kappa shape index (κ1) is 12.4. The molecule has 0 unspecified atom stereocenters. The largest absolute Gasteiger partial charge is 0.467 e. The number of esters is 2. The minimum absolute atomic E-state index is 0.101. The Morgan fingerprint density at radius 3 is 1.83 bits per heavy atom. The van der Waals surface area contributed by atoms with E-state index in [4.69, 9.17) is 14.2 Å². The van der Waals surface area contributed by atoms with Gasteiger partial charge in [-0.3, -0.25) is 0 Å². The molecular formula is C13H14O5. The SMILES string of the molecule is CC1=CC(=C2C(=O)OC(C)(C)OC2=O)C=C(C)O1. The fourth-order valence-electron chi connectivity index (χ4n) is 1.83. The molecular weight excluding hydrogens is 236 g/mol. The summed E-state index contributed by atoms with van der Waals surface area (Å²) >= 11 is 0. The highest BCUT2D eigenvalue weighted by atomic mass is 16.7. The van der Waals surface area contributed by atoms with Crippen molar-refractivity contribution < 1.29 is 23.8 Å². The first-order valence-electron chi connectivity index (χ1n) is 5.54. The molecule has 96 valence electrons. The van der Waals surface area contributed by atoms with E-state index >= 15 is 0 Å². The zero-order chi connectivity index (χ0) is 13.5. The molecule has 2 rings (SSSR count). The van der Waals surface area contributed by atoms with E-state index in [0.29, 0.717) is 17.1 Å². The van der Waals surface area contributed by atoms with E-state index in [-0.39, 0.29) is 5.57 Å². The molecule has 0 radical (unpaired) electrons. The van der Waals surface area contributed by atoms with Crippen molar-refractivity contribution in [3.8, 4) is 0 Å². The van der Waals surface area contributed by atoms with Crippen molar-refractivity contribution in [2.75, 3.05) is 0 Å². The van der Waals surface area contributed by atoms with Crippen LogP contribution >= 0.6 is 0 Å². The molecule has 0 aromatic carbocycles. The van der Waals surface area contributed by atoms with Crippen LogP contribution in [0.5, 0.6) is 0 Å². The molecule has 0 aliphatic carbocycles. The third-order valence-electron chi connectivity index (χ3n) is 2.41. The molecule has 18 heavy (non-hydrogen) atoms. The lowest BCUT2D eigenvalue weighted by molar-refractivity contribution is -0.222. The Hall–Kier alpha value is -2.04. The smallest absolute Gasteiger partial charge is 0.349 e. The highest BCUT2D eigenvalue weighted by Gasteiger charge is 2.40. The van der Waals surface area contributed by atoms with Gasteiger partial charge in [0.2, 0.25) is 0 Å². The Labute approximate surface area is 105 Å². The lowest BCUT2D eigenvalue weighted by Crippen LogP contribution is -2.42. The molecule has 0 amide bonds. The predicted octanol–water partition coefficient (Wildman–Crippen LogP) is 1.96. The molecule has 2 heterocycles. The first-order chi connectivity index (χ1) is 8.28. The topological polar surface area (TPSA) is 61.8 Å². The van der Waals surface area contributed by atoms with Crippen molar-refractivity contribution in [1.82, 2.24) is 0 Å². The average Bonchev–Trinajstić information content (AvgIpc) is 2.11. The van der Waals surface area contributed by atoms with E-state index in [1.54, 1.807) is 26.0 Å². The van der Waals surface area contributed by atoms with Crippen molar-refractivity contribution >= 4 is 11.9 Å². The molecule has 0 atom stereocenters. The van der Waals surface area contributed by atoms with Crippen LogP contribution in [-0.4, -0.2) is 17.7 Å². The Balaban J connectivity index is 2.47. The minimum atomic E-state index is -1.22. The van der Waals surface area contributed by atoms with E-state index in [9.17, 15) is 9.59 Å². The summed E-state index contributed by atoms with van der Waals surface area (Å²) in [5.41, 5.74) is 0.345. The summed E-state index contributed by atoms with van der Waals surface area (Å²) in [6.07, 6.45) is 3.20. The van der Waals surface area contributed by atoms with Gasteiger partial charge in [0.05, 0.1) is 0 Å². The molecule has 0 aromatic rings. The van der Waals surface area contributed by atoms with E-state index in [2.05, 4.69) is 0 Å². The van der Waals surface area contributed by atoms with Gasteiger partial charge in [0.1, 0.15) is 11.5 Å². The maximum Gasteiger partial charge on any atom is 0.349 e. The predicted molar refractivity (Wildman–Crippen MR) is 61.9 cm³/mol. The summed E-state index contributed by atoms with van der Waals surface area (Å²) in [5, 5.41) is 0. The molecule has 0 bridgehead atoms. The van der Waals surface area contributed by atoms with E-state index in [1.165, 1.54) is 13.8 Å². The van der Waals surface area contributed by atoms with Crippen molar-refractivity contribution in [2.24, 2.45) is 0 Å². The highest BCUT2D eigenvalue weighted by Crippen LogP contribution is 2.28. The maximum absolute atomic E-state index is 11.9. The van der Waals surface area contributed by atoms with Gasteiger partial charge in [-0.15, -0.1) is 0 Å². The summed E-state index contributed by atoms with van der Waals surface area (Å²) in [6, 6.07) is 0. The summed E-state index contributed by atoms with van der Waals surface area (Å²) in [7, 11) is 0. The number of cyclic esters (lactones) is 2. The first-order valence-corrected chi connectivity index (χ1v) is 5.54. The average molecular weight is 250 g/mol. The van der Waals surface area contributed by atoms with E-state index in [0.717, 1.165) is 0 Å². The molecule has 2 aliphatic heterocycles. The van der Waals surface area contributed by atoms with Crippen LogP contribution in [0.4, 0.5) is 0 Å². The number of carbonyl (C=O) groups is 2. The second-order valence-electron chi connectivity index (χ2n) is 4.62. The van der Waals surface area contributed by atoms with E-state index < -0.39 is 17.7 Å². The molecule has 2 aliphatic rings. The lowest BCUT2D eigenvalue weighted by Gasteiger charge is -2.30. The monoisotopic (exact) mass is 250 g/mol. The maximum atomic E-state index is 11.9. The quantitative estimate of drug-likeness (QED) is 0.373. The summed E-state index contributed by atoms with van der Waals surface area (Å²) in [5.74, 6) is -1.38. The normalized spacial score (nSPS) is 22.7. The van der Waals surface area contributed by atoms with Gasteiger partial charge in [-0.1, -0.05) is 0 Å². The van der Waals surface area contributed by atoms with E-state index in [1.807, 2.05) is 0 Å². The molecule has 0 N–H and O–H groups in total. The van der Waals surface area contributed by atoms with Gasteiger partial charge in [-0.05, 0) is 26.0 Å². The number of rotatable bonds is 0. The second kappa shape index (κ2) is 4.01. The van der Waals surface area contributed by atoms with Crippen LogP contribution in [0.25, 0.3) is 0 Å². The number of carbonyl (C=O) groups excluding carboxylic acids is 2. The molecule has 1 fully saturated rings. The van der Waals surface area contributed by atoms with Gasteiger partial charge in [-0.25, -0.2) is 9.59 Å². The summed E-state index contributed by atoms with van der Waals surface area (Å²) < 4.78 is 15.4. The zero-order valence-corrected chi connectivity index (χ0v) is 10.7. The summed E-state index contributed by atoms with van der Waals surface area (Å²) in [6.45, 7) is 6.49. The van der Waals surface area contributed by atoms with Crippen LogP contribution in [0.2, 0.25) is 0 Å². The molecule has 5 nitrogen and oxygen atoms in total. The molecule has 1 saturated heterocycles. The fourth-order valence-corrected chi connectivity index (χ4v) is 1.83. The third kappa shape index (κ3) is 2.30. The molecule has 0 spiro atoms. The summed E-state index contributed by atoms with van der Waals surface area (Å²) in [4.78, 5) is 23.7. The molecule has 0 saturated carbocycles. The van der Waals surface area contributed by atoms with Crippen molar-refractivity contribution in [2.45, 2.75) is 33.5 Å². The number of hydrogen-bond donors (Lipinski definition) is 0. The van der Waals surface area contributed by atoms with Crippen molar-refractivity contribution in [3.63, 3.8) is 0 Å². The molecule has 5 heteroatoms. The minimum Gasteiger partial charge on any atom is -0.467 e. The van der Waals surface area contributed by atoms with Gasteiger partial charge in [-0.2, -0.15) is 0 Å². The molecule has 0 aromatic heterocycles. The Morgan fingerprint density at radius 1 is 0.944 bits per heavy atom. The van der Waals surface area contributed by atoms with Gasteiger partial charge in [0, 0.05) is 19.4 Å². The van der Waals surface area contributed by atoms with Crippen LogP contribution in [0, 0.1) is 0 Å². The van der Waals surface area contributed by atoms with Gasteiger partial charge >= 0.3 is 11.9 Å². The van der Waals surface area contributed by atoms with Crippen LogP contribution in [-0.2, 0) is 23.8 Å². The van der Waals surface area contributed by atoms with Crippen molar-refractivity contribution in [3.05, 3.63) is 34.8 Å². The Morgan fingerprint density at radius 2 is 1.39 bits per heavy atom. The fraction of sp³-hybridized carbons (Fsp3) is 0.385. The standard InChI is InChI=1S/C13H14O5/c1-7-5-9(6-8(2)16-7)10-11(14)17-13(3,4)18-12(10)15/h5-6H,1-4H3. The Bertz CT molecular complexity index is 477. The number of ether oxygens (including phenoxy) is 3. The second-order valence-corrected chi connectivity index (χ2v) is 4.62. The van der Waals surface area contributed by atoms with Gasteiger partial charge in [0.25, 0.3) is 5.79 Å². The van der Waals surface area contributed by atoms with Crippen molar-refractivity contribution in [1.29, 1.82) is 0 Å². The highest BCUT2D eigenvalue weighted by molar-refractivity contribution is 6.16. The lowest BCUT2D eigenvalue weighted by atomic mass is 10.0. The number of hydrogen-bond acceptors (Lipinski definition) is 5. The third-order valence-corrected chi connectivity index (χ3v) is 2.41. The van der Waals surface area contributed by atoms with Crippen LogP contribution < -0.4 is 0 Å². The van der Waals surface area contributed by atoms with Gasteiger partial charge < -0.3 is 14.2 Å².